The number of morpholine rings is 1. The minimum Gasteiger partial charge on any atom is -0.372 e. The minimum atomic E-state index is -0.131. The fraction of sp³-hybridized carbons (Fsp3) is 0.280. The van der Waals surface area contributed by atoms with Gasteiger partial charge in [-0.2, -0.15) is 0 Å². The number of nitrogens with one attached hydrogen (secondary N) is 1. The van der Waals surface area contributed by atoms with Crippen molar-refractivity contribution in [2.75, 3.05) is 23.3 Å². The first-order valence-corrected chi connectivity index (χ1v) is 10.3. The van der Waals surface area contributed by atoms with E-state index in [2.05, 4.69) is 41.2 Å². The first-order valence-electron chi connectivity index (χ1n) is 10.3. The Balaban J connectivity index is 1.49. The Labute approximate surface area is 177 Å². The summed E-state index contributed by atoms with van der Waals surface area (Å²) < 4.78 is 5.79. The highest BCUT2D eigenvalue weighted by Gasteiger charge is 2.23. The molecule has 1 N–H and O–H groups in total. The number of ether oxygens (including phenoxy) is 1. The van der Waals surface area contributed by atoms with E-state index < -0.39 is 0 Å². The van der Waals surface area contributed by atoms with Crippen LogP contribution < -0.4 is 10.2 Å². The summed E-state index contributed by atoms with van der Waals surface area (Å²) in [5.41, 5.74) is 4.47. The quantitative estimate of drug-likeness (QED) is 0.674. The van der Waals surface area contributed by atoms with Gasteiger partial charge < -0.3 is 15.0 Å². The van der Waals surface area contributed by atoms with Gasteiger partial charge in [0, 0.05) is 18.7 Å². The maximum atomic E-state index is 12.9. The summed E-state index contributed by atoms with van der Waals surface area (Å²) in [5.74, 6) is 0.769. The largest absolute Gasteiger partial charge is 0.372 e. The van der Waals surface area contributed by atoms with Gasteiger partial charge in [0.1, 0.15) is 5.82 Å². The zero-order valence-corrected chi connectivity index (χ0v) is 17.6. The second kappa shape index (κ2) is 8.67. The van der Waals surface area contributed by atoms with Gasteiger partial charge in [-0.05, 0) is 55.7 Å². The third kappa shape index (κ3) is 4.36. The predicted octanol–water partition coefficient (Wildman–Crippen LogP) is 4.92. The zero-order chi connectivity index (χ0) is 21.1. The molecule has 1 saturated heterocycles. The Hall–Kier alpha value is -3.18. The number of rotatable bonds is 4. The Morgan fingerprint density at radius 3 is 2.40 bits per heavy atom. The van der Waals surface area contributed by atoms with Crippen LogP contribution in [-0.2, 0) is 4.74 Å². The van der Waals surface area contributed by atoms with E-state index in [4.69, 9.17) is 4.74 Å². The first kappa shape index (κ1) is 20.1. The normalized spacial score (nSPS) is 18.8. The molecule has 4 rings (SSSR count). The number of amides is 1. The molecule has 154 valence electrons. The fourth-order valence-electron chi connectivity index (χ4n) is 4.02. The number of hydrogen-bond donors (Lipinski definition) is 1. The van der Waals surface area contributed by atoms with E-state index in [1.807, 2.05) is 55.5 Å². The van der Waals surface area contributed by atoms with Gasteiger partial charge in [-0.25, -0.2) is 4.98 Å². The summed E-state index contributed by atoms with van der Waals surface area (Å²) in [6, 6.07) is 19.8. The number of pyridine rings is 1. The third-order valence-corrected chi connectivity index (χ3v) is 5.41. The fourth-order valence-corrected chi connectivity index (χ4v) is 4.02. The van der Waals surface area contributed by atoms with Crippen LogP contribution in [0.2, 0.25) is 0 Å². The number of carbonyl (C=O) groups is 1. The SMILES string of the molecule is Cc1c(C(=O)Nc2ccc(N3CC(C)OC(C)C3)nc2)cccc1-c1ccccc1. The van der Waals surface area contributed by atoms with E-state index in [-0.39, 0.29) is 18.1 Å². The number of aromatic nitrogens is 1. The molecule has 2 unspecified atom stereocenters. The molecule has 3 aromatic rings. The molecule has 1 fully saturated rings. The second-order valence-electron chi connectivity index (χ2n) is 7.87. The molecular formula is C25H27N3O2. The summed E-state index contributed by atoms with van der Waals surface area (Å²) in [5, 5.41) is 2.98. The van der Waals surface area contributed by atoms with E-state index in [0.29, 0.717) is 11.3 Å². The first-order chi connectivity index (χ1) is 14.5. The molecule has 1 amide bonds. The smallest absolute Gasteiger partial charge is 0.255 e. The van der Waals surface area contributed by atoms with Crippen molar-refractivity contribution in [3.8, 4) is 11.1 Å². The average molecular weight is 402 g/mol. The molecule has 5 nitrogen and oxygen atoms in total. The summed E-state index contributed by atoms with van der Waals surface area (Å²) in [7, 11) is 0. The summed E-state index contributed by atoms with van der Waals surface area (Å²) >= 11 is 0. The molecule has 0 spiro atoms. The van der Waals surface area contributed by atoms with Gasteiger partial charge in [0.15, 0.2) is 0 Å². The topological polar surface area (TPSA) is 54.5 Å². The van der Waals surface area contributed by atoms with Crippen molar-refractivity contribution < 1.29 is 9.53 Å². The van der Waals surface area contributed by atoms with Crippen molar-refractivity contribution in [2.24, 2.45) is 0 Å². The van der Waals surface area contributed by atoms with E-state index in [9.17, 15) is 4.79 Å². The van der Waals surface area contributed by atoms with E-state index in [1.54, 1.807) is 6.20 Å². The Morgan fingerprint density at radius 2 is 1.73 bits per heavy atom. The van der Waals surface area contributed by atoms with Crippen LogP contribution in [0.15, 0.2) is 66.9 Å². The third-order valence-electron chi connectivity index (χ3n) is 5.41. The molecule has 2 heterocycles. The Bertz CT molecular complexity index is 1010. The van der Waals surface area contributed by atoms with Gasteiger partial charge in [0.25, 0.3) is 5.91 Å². The molecule has 0 aliphatic carbocycles. The molecule has 30 heavy (non-hydrogen) atoms. The van der Waals surface area contributed by atoms with Gasteiger partial charge in [0.05, 0.1) is 24.1 Å². The van der Waals surface area contributed by atoms with Crippen LogP contribution in [0.5, 0.6) is 0 Å². The van der Waals surface area contributed by atoms with Crippen molar-refractivity contribution in [1.82, 2.24) is 4.98 Å². The molecule has 1 aliphatic rings. The van der Waals surface area contributed by atoms with Crippen LogP contribution in [0.4, 0.5) is 11.5 Å². The van der Waals surface area contributed by atoms with Gasteiger partial charge in [-0.15, -0.1) is 0 Å². The minimum absolute atomic E-state index is 0.131. The van der Waals surface area contributed by atoms with Gasteiger partial charge in [0.2, 0.25) is 0 Å². The monoisotopic (exact) mass is 401 g/mol. The van der Waals surface area contributed by atoms with E-state index in [0.717, 1.165) is 35.6 Å². The van der Waals surface area contributed by atoms with E-state index >= 15 is 0 Å². The van der Waals surface area contributed by atoms with Crippen LogP contribution >= 0.6 is 0 Å². The van der Waals surface area contributed by atoms with Gasteiger partial charge in [-0.1, -0.05) is 42.5 Å². The lowest BCUT2D eigenvalue weighted by molar-refractivity contribution is -0.00545. The highest BCUT2D eigenvalue weighted by molar-refractivity contribution is 6.06. The number of carbonyl (C=O) groups excluding carboxylic acids is 1. The standard InChI is InChI=1S/C25H27N3O2/c1-17-15-28(16-18(2)30-17)24-13-12-21(14-26-24)27-25(29)23-11-7-10-22(19(23)3)20-8-5-4-6-9-20/h4-14,17-18H,15-16H2,1-3H3,(H,27,29). The zero-order valence-electron chi connectivity index (χ0n) is 17.6. The number of benzene rings is 2. The highest BCUT2D eigenvalue weighted by Crippen LogP contribution is 2.26. The van der Waals surface area contributed by atoms with Crippen LogP contribution in [0, 0.1) is 6.92 Å². The maximum Gasteiger partial charge on any atom is 0.255 e. The summed E-state index contributed by atoms with van der Waals surface area (Å²) in [6.07, 6.45) is 2.07. The number of nitrogens with zero attached hydrogens (tertiary/aromatic N) is 2. The molecule has 5 heteroatoms. The molecular weight excluding hydrogens is 374 g/mol. The molecule has 0 radical (unpaired) electrons. The van der Waals surface area contributed by atoms with Crippen molar-refractivity contribution in [1.29, 1.82) is 0 Å². The molecule has 1 aromatic heterocycles. The summed E-state index contributed by atoms with van der Waals surface area (Å²) in [6.45, 7) is 7.76. The molecule has 2 atom stereocenters. The van der Waals surface area contributed by atoms with Crippen LogP contribution in [0.1, 0.15) is 29.8 Å². The number of anilines is 2. The predicted molar refractivity (Wildman–Crippen MR) is 121 cm³/mol. The van der Waals surface area contributed by atoms with Crippen molar-refractivity contribution in [2.45, 2.75) is 33.0 Å². The Kier molecular flexibility index (Phi) is 5.81. The van der Waals surface area contributed by atoms with Crippen LogP contribution in [0.3, 0.4) is 0 Å². The number of hydrogen-bond acceptors (Lipinski definition) is 4. The molecule has 0 saturated carbocycles. The average Bonchev–Trinajstić information content (AvgIpc) is 2.74. The van der Waals surface area contributed by atoms with Crippen molar-refractivity contribution in [3.05, 3.63) is 78.0 Å². The molecule has 0 bridgehead atoms. The highest BCUT2D eigenvalue weighted by atomic mass is 16.5. The molecule has 2 aromatic carbocycles. The van der Waals surface area contributed by atoms with Crippen LogP contribution in [-0.4, -0.2) is 36.2 Å². The maximum absolute atomic E-state index is 12.9. The molecule has 1 aliphatic heterocycles. The lowest BCUT2D eigenvalue weighted by atomic mass is 9.96. The lowest BCUT2D eigenvalue weighted by Gasteiger charge is -2.36. The van der Waals surface area contributed by atoms with Gasteiger partial charge >= 0.3 is 0 Å². The lowest BCUT2D eigenvalue weighted by Crippen LogP contribution is -2.45. The second-order valence-corrected chi connectivity index (χ2v) is 7.87. The van der Waals surface area contributed by atoms with Crippen molar-refractivity contribution >= 4 is 17.4 Å². The van der Waals surface area contributed by atoms with E-state index in [1.165, 1.54) is 0 Å². The summed E-state index contributed by atoms with van der Waals surface area (Å²) in [4.78, 5) is 19.7. The van der Waals surface area contributed by atoms with Crippen LogP contribution in [0.25, 0.3) is 11.1 Å². The van der Waals surface area contributed by atoms with Crippen molar-refractivity contribution in [3.63, 3.8) is 0 Å². The Morgan fingerprint density at radius 1 is 1.00 bits per heavy atom. The van der Waals surface area contributed by atoms with Gasteiger partial charge in [-0.3, -0.25) is 4.79 Å².